The number of halogens is 1. The van der Waals surface area contributed by atoms with Crippen molar-refractivity contribution in [2.24, 2.45) is 10.7 Å². The Kier molecular flexibility index (Phi) is 7.09. The zero-order valence-electron chi connectivity index (χ0n) is 13.3. The molecule has 0 bridgehead atoms. The summed E-state index contributed by atoms with van der Waals surface area (Å²) in [7, 11) is 0. The highest BCUT2D eigenvalue weighted by Gasteiger charge is 2.18. The second-order valence-electron chi connectivity index (χ2n) is 5.38. The van der Waals surface area contributed by atoms with Gasteiger partial charge in [0.1, 0.15) is 5.82 Å². The van der Waals surface area contributed by atoms with Gasteiger partial charge in [0.25, 0.3) is 0 Å². The lowest BCUT2D eigenvalue weighted by Gasteiger charge is -2.36. The molecule has 2 rings (SSSR count). The fraction of sp³-hybridized carbons (Fsp3) is 0.562. The van der Waals surface area contributed by atoms with Crippen LogP contribution < -0.4 is 10.6 Å². The van der Waals surface area contributed by atoms with E-state index in [9.17, 15) is 4.39 Å². The van der Waals surface area contributed by atoms with Gasteiger partial charge in [-0.25, -0.2) is 4.39 Å². The summed E-state index contributed by atoms with van der Waals surface area (Å²) in [6, 6.07) is 6.57. The minimum Gasteiger partial charge on any atom is -0.394 e. The average molecular weight is 324 g/mol. The highest BCUT2D eigenvalue weighted by molar-refractivity contribution is 5.78. The normalized spacial score (nSPS) is 16.0. The van der Waals surface area contributed by atoms with E-state index in [4.69, 9.17) is 15.6 Å². The van der Waals surface area contributed by atoms with Crippen LogP contribution in [0.4, 0.5) is 10.1 Å². The minimum absolute atomic E-state index is 0.0454. The monoisotopic (exact) mass is 324 g/mol. The van der Waals surface area contributed by atoms with Crippen LogP contribution in [0.2, 0.25) is 0 Å². The molecule has 128 valence electrons. The predicted molar refractivity (Wildman–Crippen MR) is 89.2 cm³/mol. The molecule has 1 aliphatic heterocycles. The molecule has 0 radical (unpaired) electrons. The molecule has 1 fully saturated rings. The standard InChI is InChI=1S/C16H25FN4O2/c17-14-2-4-15(5-3-14)20-7-9-21(10-8-20)16(18)19-6-1-12-23-13-11-22/h2-5,22H,1,6-13H2,(H2,18,19). The zero-order valence-corrected chi connectivity index (χ0v) is 13.3. The SMILES string of the molecule is NC(=NCCCOCCO)N1CCN(c2ccc(F)cc2)CC1. The third-order valence-corrected chi connectivity index (χ3v) is 3.75. The van der Waals surface area contributed by atoms with Gasteiger partial charge in [0.05, 0.1) is 13.2 Å². The Labute approximate surface area is 136 Å². The summed E-state index contributed by atoms with van der Waals surface area (Å²) in [6.45, 7) is 4.88. The lowest BCUT2D eigenvalue weighted by atomic mass is 10.2. The molecule has 0 unspecified atom stereocenters. The van der Waals surface area contributed by atoms with Crippen molar-refractivity contribution in [2.45, 2.75) is 6.42 Å². The molecule has 23 heavy (non-hydrogen) atoms. The minimum atomic E-state index is -0.216. The summed E-state index contributed by atoms with van der Waals surface area (Å²) in [6.07, 6.45) is 0.788. The smallest absolute Gasteiger partial charge is 0.191 e. The lowest BCUT2D eigenvalue weighted by molar-refractivity contribution is 0.0917. The van der Waals surface area contributed by atoms with Gasteiger partial charge < -0.3 is 25.4 Å². The Balaban J connectivity index is 1.71. The molecule has 7 heteroatoms. The first-order valence-electron chi connectivity index (χ1n) is 7.94. The number of ether oxygens (including phenoxy) is 1. The second-order valence-corrected chi connectivity index (χ2v) is 5.38. The molecule has 0 atom stereocenters. The van der Waals surface area contributed by atoms with Crippen LogP contribution in [-0.2, 0) is 4.74 Å². The van der Waals surface area contributed by atoms with Gasteiger partial charge in [-0.2, -0.15) is 0 Å². The summed E-state index contributed by atoms with van der Waals surface area (Å²) in [5.41, 5.74) is 7.05. The van der Waals surface area contributed by atoms with Crippen LogP contribution in [-0.4, -0.2) is 68.5 Å². The van der Waals surface area contributed by atoms with Crippen molar-refractivity contribution in [2.75, 3.05) is 57.4 Å². The van der Waals surface area contributed by atoms with E-state index in [1.54, 1.807) is 12.1 Å². The van der Waals surface area contributed by atoms with Crippen molar-refractivity contribution in [3.8, 4) is 0 Å². The van der Waals surface area contributed by atoms with Gasteiger partial charge in [-0.3, -0.25) is 4.99 Å². The van der Waals surface area contributed by atoms with E-state index in [2.05, 4.69) is 14.8 Å². The number of aliphatic hydroxyl groups excluding tert-OH is 1. The Morgan fingerprint density at radius 1 is 1.17 bits per heavy atom. The van der Waals surface area contributed by atoms with Crippen LogP contribution in [0.25, 0.3) is 0 Å². The highest BCUT2D eigenvalue weighted by Crippen LogP contribution is 2.16. The third kappa shape index (κ3) is 5.69. The van der Waals surface area contributed by atoms with Gasteiger partial charge in [-0.1, -0.05) is 0 Å². The molecular formula is C16H25FN4O2. The van der Waals surface area contributed by atoms with Crippen LogP contribution in [0, 0.1) is 5.82 Å². The van der Waals surface area contributed by atoms with Gasteiger partial charge in [-0.15, -0.1) is 0 Å². The van der Waals surface area contributed by atoms with Crippen molar-refractivity contribution < 1.29 is 14.2 Å². The van der Waals surface area contributed by atoms with E-state index >= 15 is 0 Å². The van der Waals surface area contributed by atoms with Gasteiger partial charge in [0.2, 0.25) is 0 Å². The summed E-state index contributed by atoms with van der Waals surface area (Å²) in [5, 5.41) is 8.60. The number of guanidine groups is 1. The Hall–Kier alpha value is -1.86. The number of rotatable bonds is 7. The maximum Gasteiger partial charge on any atom is 0.191 e. The van der Waals surface area contributed by atoms with Crippen LogP contribution >= 0.6 is 0 Å². The first-order chi connectivity index (χ1) is 11.2. The van der Waals surface area contributed by atoms with Crippen molar-refractivity contribution >= 4 is 11.6 Å². The van der Waals surface area contributed by atoms with Crippen LogP contribution in [0.3, 0.4) is 0 Å². The molecule has 0 amide bonds. The molecule has 6 nitrogen and oxygen atoms in total. The third-order valence-electron chi connectivity index (χ3n) is 3.75. The highest BCUT2D eigenvalue weighted by atomic mass is 19.1. The molecule has 0 saturated carbocycles. The summed E-state index contributed by atoms with van der Waals surface area (Å²) in [4.78, 5) is 8.64. The molecule has 1 aliphatic rings. The fourth-order valence-corrected chi connectivity index (χ4v) is 2.47. The second kappa shape index (κ2) is 9.32. The fourth-order valence-electron chi connectivity index (χ4n) is 2.47. The molecular weight excluding hydrogens is 299 g/mol. The number of aliphatic hydroxyl groups is 1. The average Bonchev–Trinajstić information content (AvgIpc) is 2.58. The molecule has 3 N–H and O–H groups in total. The maximum atomic E-state index is 13.0. The van der Waals surface area contributed by atoms with Gasteiger partial charge in [-0.05, 0) is 30.7 Å². The van der Waals surface area contributed by atoms with Gasteiger partial charge in [0, 0.05) is 45.0 Å². The number of nitrogens with zero attached hydrogens (tertiary/aromatic N) is 3. The van der Waals surface area contributed by atoms with Crippen LogP contribution in [0.1, 0.15) is 6.42 Å². The van der Waals surface area contributed by atoms with Crippen molar-refractivity contribution in [3.05, 3.63) is 30.1 Å². The molecule has 0 spiro atoms. The van der Waals surface area contributed by atoms with Crippen LogP contribution in [0.5, 0.6) is 0 Å². The molecule has 1 heterocycles. The molecule has 0 aliphatic carbocycles. The predicted octanol–water partition coefficient (Wildman–Crippen LogP) is 0.661. The Morgan fingerprint density at radius 3 is 2.52 bits per heavy atom. The maximum absolute atomic E-state index is 13.0. The quantitative estimate of drug-likeness (QED) is 0.438. The summed E-state index contributed by atoms with van der Waals surface area (Å²) < 4.78 is 18.1. The zero-order chi connectivity index (χ0) is 16.5. The first kappa shape index (κ1) is 17.5. The van der Waals surface area contributed by atoms with E-state index in [1.807, 2.05) is 0 Å². The molecule has 1 aromatic carbocycles. The van der Waals surface area contributed by atoms with Gasteiger partial charge in [0.15, 0.2) is 5.96 Å². The van der Waals surface area contributed by atoms with Crippen LogP contribution in [0.15, 0.2) is 29.3 Å². The number of hydrogen-bond donors (Lipinski definition) is 2. The number of hydrogen-bond acceptors (Lipinski definition) is 4. The Morgan fingerprint density at radius 2 is 1.87 bits per heavy atom. The molecule has 1 aromatic rings. The Bertz CT molecular complexity index is 487. The van der Waals surface area contributed by atoms with E-state index in [-0.39, 0.29) is 12.4 Å². The van der Waals surface area contributed by atoms with Crippen molar-refractivity contribution in [3.63, 3.8) is 0 Å². The largest absolute Gasteiger partial charge is 0.394 e. The molecule has 1 saturated heterocycles. The molecule has 0 aromatic heterocycles. The number of anilines is 1. The van der Waals surface area contributed by atoms with Crippen molar-refractivity contribution in [1.29, 1.82) is 0 Å². The number of aliphatic imine (C=N–C) groups is 1. The lowest BCUT2D eigenvalue weighted by Crippen LogP contribution is -2.51. The summed E-state index contributed by atoms with van der Waals surface area (Å²) >= 11 is 0. The first-order valence-corrected chi connectivity index (χ1v) is 7.94. The van der Waals surface area contributed by atoms with E-state index in [0.717, 1.165) is 38.3 Å². The summed E-state index contributed by atoms with van der Waals surface area (Å²) in [5.74, 6) is 0.345. The van der Waals surface area contributed by atoms with E-state index < -0.39 is 0 Å². The van der Waals surface area contributed by atoms with E-state index in [0.29, 0.717) is 25.7 Å². The van der Waals surface area contributed by atoms with Crippen molar-refractivity contribution in [1.82, 2.24) is 4.90 Å². The van der Waals surface area contributed by atoms with Gasteiger partial charge >= 0.3 is 0 Å². The number of nitrogens with two attached hydrogens (primary N) is 1. The number of piperazine rings is 1. The topological polar surface area (TPSA) is 74.3 Å². The van der Waals surface area contributed by atoms with E-state index in [1.165, 1.54) is 12.1 Å². The number of benzene rings is 1.